The Balaban J connectivity index is 4.52. The van der Waals surface area contributed by atoms with Crippen molar-refractivity contribution in [2.24, 2.45) is 0 Å². The second-order valence-corrected chi connectivity index (χ2v) is 17.1. The van der Waals surface area contributed by atoms with Crippen LogP contribution >= 0.6 is 0 Å². The Hall–Kier alpha value is -3.67. The minimum absolute atomic E-state index is 0.106. The van der Waals surface area contributed by atoms with Crippen LogP contribution < -0.4 is 0 Å². The SMILES string of the molecule is CC/C=C\C/C=C\C/C=C\C/C=C\C/C=C\C/C=C\CCC(=O)OCC(COC(=O)CCCCCCCCCCCCCC)OC(=O)CCCCCCC/C=C\C/C=C\CCCCC. The summed E-state index contributed by atoms with van der Waals surface area (Å²) in [5.41, 5.74) is 0. The standard InChI is InChI=1S/C58H96O6/c1-4-7-10-13-16-19-22-25-27-28-29-30-32-33-36-39-42-45-48-51-57(60)63-54-55(53-62-56(59)50-47-44-41-38-35-24-21-18-15-12-9-6-3)64-58(61)52-49-46-43-40-37-34-31-26-23-20-17-14-11-8-5-2/h7,10,16-17,19-20,25-27,29-31,33,36,42,45,55H,4-6,8-9,11-15,18,21-24,28,32,34-35,37-41,43-44,46-54H2,1-3H3/b10-7-,19-16-,20-17-,27-25-,30-29-,31-26-,36-33-,45-42-. The second kappa shape index (κ2) is 52.0. The second-order valence-electron chi connectivity index (χ2n) is 17.1. The van der Waals surface area contributed by atoms with E-state index < -0.39 is 6.10 Å². The van der Waals surface area contributed by atoms with Crippen LogP contribution in [-0.4, -0.2) is 37.2 Å². The molecular weight excluding hydrogens is 793 g/mol. The third-order valence-electron chi connectivity index (χ3n) is 10.8. The number of allylic oxidation sites excluding steroid dienone is 16. The van der Waals surface area contributed by atoms with Gasteiger partial charge in [-0.3, -0.25) is 14.4 Å². The lowest BCUT2D eigenvalue weighted by Crippen LogP contribution is -2.30. The quantitative estimate of drug-likeness (QED) is 0.0262. The van der Waals surface area contributed by atoms with Gasteiger partial charge in [0.25, 0.3) is 0 Å². The Labute approximate surface area is 394 Å². The zero-order chi connectivity index (χ0) is 46.5. The lowest BCUT2D eigenvalue weighted by molar-refractivity contribution is -0.166. The normalized spacial score (nSPS) is 12.9. The largest absolute Gasteiger partial charge is 0.462 e. The summed E-state index contributed by atoms with van der Waals surface area (Å²) in [7, 11) is 0. The van der Waals surface area contributed by atoms with E-state index in [-0.39, 0.29) is 37.5 Å². The molecule has 0 aliphatic carbocycles. The van der Waals surface area contributed by atoms with E-state index >= 15 is 0 Å². The van der Waals surface area contributed by atoms with Gasteiger partial charge in [-0.05, 0) is 89.9 Å². The summed E-state index contributed by atoms with van der Waals surface area (Å²) in [6.45, 7) is 6.41. The van der Waals surface area contributed by atoms with Crippen molar-refractivity contribution in [1.29, 1.82) is 0 Å². The summed E-state index contributed by atoms with van der Waals surface area (Å²) >= 11 is 0. The molecule has 0 aliphatic heterocycles. The van der Waals surface area contributed by atoms with E-state index in [0.717, 1.165) is 103 Å². The van der Waals surface area contributed by atoms with Gasteiger partial charge in [-0.1, -0.05) is 221 Å². The number of carbonyl (C=O) groups is 3. The number of esters is 3. The Kier molecular flexibility index (Phi) is 49.0. The lowest BCUT2D eigenvalue weighted by atomic mass is 10.0. The summed E-state index contributed by atoms with van der Waals surface area (Å²) in [5.74, 6) is -1.01. The lowest BCUT2D eigenvalue weighted by Gasteiger charge is -2.18. The molecule has 0 radical (unpaired) electrons. The Bertz CT molecular complexity index is 1300. The van der Waals surface area contributed by atoms with Crippen molar-refractivity contribution in [2.75, 3.05) is 13.2 Å². The maximum Gasteiger partial charge on any atom is 0.306 e. The molecule has 0 saturated carbocycles. The molecule has 0 bridgehead atoms. The molecule has 0 N–H and O–H groups in total. The minimum atomic E-state index is -0.814. The van der Waals surface area contributed by atoms with E-state index in [9.17, 15) is 14.4 Å². The molecule has 0 aromatic carbocycles. The molecule has 0 amide bonds. The fourth-order valence-corrected chi connectivity index (χ4v) is 6.91. The average Bonchev–Trinajstić information content (AvgIpc) is 3.29. The van der Waals surface area contributed by atoms with Gasteiger partial charge >= 0.3 is 17.9 Å². The van der Waals surface area contributed by atoms with Crippen LogP contribution in [0.1, 0.15) is 233 Å². The van der Waals surface area contributed by atoms with Crippen molar-refractivity contribution in [3.05, 3.63) is 97.2 Å². The zero-order valence-electron chi connectivity index (χ0n) is 41.5. The zero-order valence-corrected chi connectivity index (χ0v) is 41.5. The molecule has 0 aromatic heterocycles. The van der Waals surface area contributed by atoms with Gasteiger partial charge in [-0.15, -0.1) is 0 Å². The molecule has 0 rings (SSSR count). The molecule has 1 unspecified atom stereocenters. The number of carbonyl (C=O) groups excluding carboxylic acids is 3. The molecule has 0 heterocycles. The molecule has 0 saturated heterocycles. The molecule has 1 atom stereocenters. The summed E-state index contributed by atoms with van der Waals surface area (Å²) in [4.78, 5) is 38.0. The first-order chi connectivity index (χ1) is 31.5. The Morgan fingerprint density at radius 2 is 0.641 bits per heavy atom. The van der Waals surface area contributed by atoms with Crippen LogP contribution in [0.25, 0.3) is 0 Å². The van der Waals surface area contributed by atoms with Gasteiger partial charge in [0.15, 0.2) is 6.10 Å². The van der Waals surface area contributed by atoms with Gasteiger partial charge in [0.1, 0.15) is 13.2 Å². The summed E-state index contributed by atoms with van der Waals surface area (Å²) < 4.78 is 16.7. The number of hydrogen-bond acceptors (Lipinski definition) is 6. The summed E-state index contributed by atoms with van der Waals surface area (Å²) in [6.07, 6.45) is 68.3. The molecule has 6 nitrogen and oxygen atoms in total. The summed E-state index contributed by atoms with van der Waals surface area (Å²) in [5, 5.41) is 0. The van der Waals surface area contributed by atoms with Crippen molar-refractivity contribution >= 4 is 17.9 Å². The maximum absolute atomic E-state index is 12.8. The number of ether oxygens (including phenoxy) is 3. The molecule has 0 spiro atoms. The third-order valence-corrected chi connectivity index (χ3v) is 10.8. The minimum Gasteiger partial charge on any atom is -0.462 e. The third kappa shape index (κ3) is 49.3. The van der Waals surface area contributed by atoms with Gasteiger partial charge in [0.05, 0.1) is 0 Å². The highest BCUT2D eigenvalue weighted by molar-refractivity contribution is 5.71. The van der Waals surface area contributed by atoms with Crippen molar-refractivity contribution in [2.45, 2.75) is 239 Å². The van der Waals surface area contributed by atoms with Crippen LogP contribution in [-0.2, 0) is 28.6 Å². The van der Waals surface area contributed by atoms with Crippen molar-refractivity contribution in [3.8, 4) is 0 Å². The van der Waals surface area contributed by atoms with E-state index in [4.69, 9.17) is 14.2 Å². The van der Waals surface area contributed by atoms with Crippen molar-refractivity contribution in [3.63, 3.8) is 0 Å². The van der Waals surface area contributed by atoms with E-state index in [0.29, 0.717) is 19.3 Å². The van der Waals surface area contributed by atoms with Crippen LogP contribution in [0.15, 0.2) is 97.2 Å². The molecule has 6 heteroatoms. The van der Waals surface area contributed by atoms with Crippen molar-refractivity contribution in [1.82, 2.24) is 0 Å². The first kappa shape index (κ1) is 60.3. The maximum atomic E-state index is 12.8. The van der Waals surface area contributed by atoms with E-state index in [2.05, 4.69) is 112 Å². The Morgan fingerprint density at radius 1 is 0.328 bits per heavy atom. The van der Waals surface area contributed by atoms with Crippen LogP contribution in [0.5, 0.6) is 0 Å². The molecule has 0 aliphatic rings. The van der Waals surface area contributed by atoms with Gasteiger partial charge in [-0.25, -0.2) is 0 Å². The van der Waals surface area contributed by atoms with E-state index in [1.807, 2.05) is 6.08 Å². The highest BCUT2D eigenvalue weighted by atomic mass is 16.6. The van der Waals surface area contributed by atoms with Crippen molar-refractivity contribution < 1.29 is 28.6 Å². The summed E-state index contributed by atoms with van der Waals surface area (Å²) in [6, 6.07) is 0. The predicted octanol–water partition coefficient (Wildman–Crippen LogP) is 17.4. The van der Waals surface area contributed by atoms with Gasteiger partial charge in [-0.2, -0.15) is 0 Å². The molecule has 64 heavy (non-hydrogen) atoms. The highest BCUT2D eigenvalue weighted by Crippen LogP contribution is 2.14. The van der Waals surface area contributed by atoms with Gasteiger partial charge in [0, 0.05) is 19.3 Å². The van der Waals surface area contributed by atoms with E-state index in [1.54, 1.807) is 0 Å². The fourth-order valence-electron chi connectivity index (χ4n) is 6.91. The number of hydrogen-bond donors (Lipinski definition) is 0. The van der Waals surface area contributed by atoms with Crippen LogP contribution in [0.3, 0.4) is 0 Å². The molecule has 0 aromatic rings. The first-order valence-corrected chi connectivity index (χ1v) is 26.2. The average molecular weight is 889 g/mol. The highest BCUT2D eigenvalue weighted by Gasteiger charge is 2.19. The predicted molar refractivity (Wildman–Crippen MR) is 274 cm³/mol. The van der Waals surface area contributed by atoms with Gasteiger partial charge in [0.2, 0.25) is 0 Å². The van der Waals surface area contributed by atoms with E-state index in [1.165, 1.54) is 83.5 Å². The molecule has 364 valence electrons. The molecular formula is C58H96O6. The monoisotopic (exact) mass is 889 g/mol. The molecule has 0 fully saturated rings. The number of unbranched alkanes of at least 4 members (excludes halogenated alkanes) is 19. The first-order valence-electron chi connectivity index (χ1n) is 26.2. The Morgan fingerprint density at radius 3 is 1.08 bits per heavy atom. The number of rotatable bonds is 46. The van der Waals surface area contributed by atoms with Crippen LogP contribution in [0, 0.1) is 0 Å². The topological polar surface area (TPSA) is 78.9 Å². The smallest absolute Gasteiger partial charge is 0.306 e. The van der Waals surface area contributed by atoms with Gasteiger partial charge < -0.3 is 14.2 Å². The van der Waals surface area contributed by atoms with Crippen LogP contribution in [0.4, 0.5) is 0 Å². The fraction of sp³-hybridized carbons (Fsp3) is 0.672. The van der Waals surface area contributed by atoms with Crippen LogP contribution in [0.2, 0.25) is 0 Å².